The Morgan fingerprint density at radius 2 is 1.71 bits per heavy atom. The summed E-state index contributed by atoms with van der Waals surface area (Å²) in [6.07, 6.45) is 10.9. The first kappa shape index (κ1) is 16.6. The Hall–Kier alpha value is -0.370. The molecule has 0 fully saturated rings. The van der Waals surface area contributed by atoms with Crippen LogP contribution in [-0.2, 0) is 4.79 Å². The van der Waals surface area contributed by atoms with Gasteiger partial charge in [-0.3, -0.25) is 4.79 Å². The molecule has 0 amide bonds. The van der Waals surface area contributed by atoms with Gasteiger partial charge in [0.2, 0.25) is 0 Å². The summed E-state index contributed by atoms with van der Waals surface area (Å²) in [5.41, 5.74) is 5.59. The van der Waals surface area contributed by atoms with E-state index in [1.54, 1.807) is 0 Å². The molecule has 0 heterocycles. The summed E-state index contributed by atoms with van der Waals surface area (Å²) in [6, 6.07) is 0. The number of hydrogen-bond acceptors (Lipinski definition) is 2. The third-order valence-electron chi connectivity index (χ3n) is 3.41. The predicted octanol–water partition coefficient (Wildman–Crippen LogP) is 4.07. The summed E-state index contributed by atoms with van der Waals surface area (Å²) < 4.78 is 0. The zero-order chi connectivity index (χ0) is 12.9. The number of nitrogens with two attached hydrogens (primary N) is 1. The van der Waals surface area contributed by atoms with E-state index in [1.807, 2.05) is 0 Å². The molecule has 0 aliphatic carbocycles. The van der Waals surface area contributed by atoms with Gasteiger partial charge in [-0.25, -0.2) is 0 Å². The van der Waals surface area contributed by atoms with Gasteiger partial charge in [0.15, 0.2) is 0 Å². The second kappa shape index (κ2) is 12.1. The van der Waals surface area contributed by atoms with E-state index in [2.05, 4.69) is 13.8 Å². The molecule has 0 aliphatic rings. The average Bonchev–Trinajstić information content (AvgIpc) is 2.32. The van der Waals surface area contributed by atoms with E-state index in [0.717, 1.165) is 38.6 Å². The van der Waals surface area contributed by atoms with Crippen molar-refractivity contribution >= 4 is 5.78 Å². The van der Waals surface area contributed by atoms with E-state index in [0.29, 0.717) is 11.7 Å². The molecule has 0 spiro atoms. The number of unbranched alkanes of at least 4 members (excludes halogenated alkanes) is 3. The predicted molar refractivity (Wildman–Crippen MR) is 75.1 cm³/mol. The second-order valence-electron chi connectivity index (χ2n) is 5.12. The van der Waals surface area contributed by atoms with Gasteiger partial charge < -0.3 is 5.73 Å². The second-order valence-corrected chi connectivity index (χ2v) is 5.12. The van der Waals surface area contributed by atoms with Crippen LogP contribution in [0.1, 0.15) is 78.1 Å². The van der Waals surface area contributed by atoms with Gasteiger partial charge in [0.25, 0.3) is 0 Å². The SMILES string of the molecule is CCCCCCC(=O)CCC(CCC)CCN. The van der Waals surface area contributed by atoms with Gasteiger partial charge in [-0.1, -0.05) is 46.0 Å². The van der Waals surface area contributed by atoms with Crippen LogP contribution in [0, 0.1) is 5.92 Å². The number of ketones is 1. The molecule has 0 aromatic carbocycles. The summed E-state index contributed by atoms with van der Waals surface area (Å²) in [4.78, 5) is 11.7. The molecule has 2 N–H and O–H groups in total. The molecule has 0 aromatic rings. The lowest BCUT2D eigenvalue weighted by molar-refractivity contribution is -0.119. The molecule has 0 saturated carbocycles. The van der Waals surface area contributed by atoms with Crippen molar-refractivity contribution < 1.29 is 4.79 Å². The molecule has 0 saturated heterocycles. The zero-order valence-electron chi connectivity index (χ0n) is 11.8. The highest BCUT2D eigenvalue weighted by Gasteiger charge is 2.09. The molecular formula is C15H31NO. The maximum absolute atomic E-state index is 11.7. The maximum Gasteiger partial charge on any atom is 0.132 e. The third-order valence-corrected chi connectivity index (χ3v) is 3.41. The minimum absolute atomic E-state index is 0.458. The van der Waals surface area contributed by atoms with Crippen LogP contribution in [-0.4, -0.2) is 12.3 Å². The van der Waals surface area contributed by atoms with Gasteiger partial charge in [-0.2, -0.15) is 0 Å². The Labute approximate surface area is 107 Å². The fraction of sp³-hybridized carbons (Fsp3) is 0.933. The number of carbonyl (C=O) groups is 1. The van der Waals surface area contributed by atoms with Crippen LogP contribution in [0.2, 0.25) is 0 Å². The third kappa shape index (κ3) is 10.5. The summed E-state index contributed by atoms with van der Waals surface area (Å²) in [6.45, 7) is 5.16. The van der Waals surface area contributed by atoms with Crippen LogP contribution in [0.15, 0.2) is 0 Å². The first-order chi connectivity index (χ1) is 8.24. The lowest BCUT2D eigenvalue weighted by Gasteiger charge is -2.14. The summed E-state index contributed by atoms with van der Waals surface area (Å²) in [5, 5.41) is 0. The average molecular weight is 241 g/mol. The van der Waals surface area contributed by atoms with Crippen molar-refractivity contribution in [2.24, 2.45) is 11.7 Å². The van der Waals surface area contributed by atoms with Crippen LogP contribution in [0.25, 0.3) is 0 Å². The Morgan fingerprint density at radius 1 is 0.941 bits per heavy atom. The molecule has 17 heavy (non-hydrogen) atoms. The van der Waals surface area contributed by atoms with E-state index in [1.165, 1.54) is 32.1 Å². The Balaban J connectivity index is 3.57. The van der Waals surface area contributed by atoms with Crippen molar-refractivity contribution in [2.75, 3.05) is 6.54 Å². The van der Waals surface area contributed by atoms with E-state index < -0.39 is 0 Å². The van der Waals surface area contributed by atoms with Crippen molar-refractivity contribution in [3.8, 4) is 0 Å². The molecule has 2 heteroatoms. The molecule has 2 nitrogen and oxygen atoms in total. The highest BCUT2D eigenvalue weighted by atomic mass is 16.1. The Bertz CT molecular complexity index is 174. The van der Waals surface area contributed by atoms with Gasteiger partial charge >= 0.3 is 0 Å². The van der Waals surface area contributed by atoms with Crippen molar-refractivity contribution in [3.63, 3.8) is 0 Å². The molecule has 0 radical (unpaired) electrons. The highest BCUT2D eigenvalue weighted by molar-refractivity contribution is 5.78. The molecule has 0 aromatic heterocycles. The lowest BCUT2D eigenvalue weighted by Crippen LogP contribution is -2.10. The van der Waals surface area contributed by atoms with Gasteiger partial charge in [0.05, 0.1) is 0 Å². The Morgan fingerprint density at radius 3 is 2.29 bits per heavy atom. The monoisotopic (exact) mass is 241 g/mol. The van der Waals surface area contributed by atoms with Crippen LogP contribution < -0.4 is 5.73 Å². The molecular weight excluding hydrogens is 210 g/mol. The first-order valence-electron chi connectivity index (χ1n) is 7.46. The van der Waals surface area contributed by atoms with Crippen molar-refractivity contribution in [2.45, 2.75) is 78.1 Å². The van der Waals surface area contributed by atoms with Crippen molar-refractivity contribution in [1.82, 2.24) is 0 Å². The Kier molecular flexibility index (Phi) is 11.8. The summed E-state index contributed by atoms with van der Waals surface area (Å²) in [5.74, 6) is 1.13. The lowest BCUT2D eigenvalue weighted by atomic mass is 9.92. The van der Waals surface area contributed by atoms with Gasteiger partial charge in [0.1, 0.15) is 5.78 Å². The van der Waals surface area contributed by atoms with E-state index in [-0.39, 0.29) is 0 Å². The highest BCUT2D eigenvalue weighted by Crippen LogP contribution is 2.18. The van der Waals surface area contributed by atoms with Crippen LogP contribution >= 0.6 is 0 Å². The molecule has 1 atom stereocenters. The van der Waals surface area contributed by atoms with Crippen molar-refractivity contribution in [3.05, 3.63) is 0 Å². The zero-order valence-corrected chi connectivity index (χ0v) is 11.8. The number of rotatable bonds is 12. The summed E-state index contributed by atoms with van der Waals surface area (Å²) in [7, 11) is 0. The summed E-state index contributed by atoms with van der Waals surface area (Å²) >= 11 is 0. The smallest absolute Gasteiger partial charge is 0.132 e. The van der Waals surface area contributed by atoms with Crippen LogP contribution in [0.3, 0.4) is 0 Å². The molecule has 1 unspecified atom stereocenters. The molecule has 0 bridgehead atoms. The number of Topliss-reactive ketones (excluding diaryl/α,β-unsaturated/α-hetero) is 1. The van der Waals surface area contributed by atoms with Gasteiger partial charge in [-0.05, 0) is 31.7 Å². The standard InChI is InChI=1S/C15H31NO/c1-3-5-6-7-9-15(17)11-10-14(8-4-2)12-13-16/h14H,3-13,16H2,1-2H3. The van der Waals surface area contributed by atoms with Crippen LogP contribution in [0.5, 0.6) is 0 Å². The normalized spacial score (nSPS) is 12.6. The minimum Gasteiger partial charge on any atom is -0.330 e. The molecule has 0 rings (SSSR count). The number of hydrogen-bond donors (Lipinski definition) is 1. The molecule has 0 aliphatic heterocycles. The van der Waals surface area contributed by atoms with E-state index in [4.69, 9.17) is 5.73 Å². The van der Waals surface area contributed by atoms with Crippen molar-refractivity contribution in [1.29, 1.82) is 0 Å². The minimum atomic E-state index is 0.458. The quantitative estimate of drug-likeness (QED) is 0.523. The van der Waals surface area contributed by atoms with E-state index >= 15 is 0 Å². The molecule has 102 valence electrons. The van der Waals surface area contributed by atoms with Crippen LogP contribution in [0.4, 0.5) is 0 Å². The largest absolute Gasteiger partial charge is 0.330 e. The number of carbonyl (C=O) groups excluding carboxylic acids is 1. The maximum atomic E-state index is 11.7. The first-order valence-corrected chi connectivity index (χ1v) is 7.46. The fourth-order valence-electron chi connectivity index (χ4n) is 2.32. The fourth-order valence-corrected chi connectivity index (χ4v) is 2.32. The van der Waals surface area contributed by atoms with Gasteiger partial charge in [0, 0.05) is 12.8 Å². The topological polar surface area (TPSA) is 43.1 Å². The van der Waals surface area contributed by atoms with Gasteiger partial charge in [-0.15, -0.1) is 0 Å². The van der Waals surface area contributed by atoms with E-state index in [9.17, 15) is 4.79 Å².